The van der Waals surface area contributed by atoms with Gasteiger partial charge in [-0.2, -0.15) is 0 Å². The van der Waals surface area contributed by atoms with Crippen LogP contribution in [0.4, 0.5) is 0 Å². The quantitative estimate of drug-likeness (QED) is 0.754. The highest BCUT2D eigenvalue weighted by molar-refractivity contribution is 7.09. The van der Waals surface area contributed by atoms with E-state index in [-0.39, 0.29) is 11.8 Å². The van der Waals surface area contributed by atoms with Crippen LogP contribution in [-0.4, -0.2) is 34.8 Å². The molecular formula is C18H22ClN3O2S. The number of hydrogen-bond acceptors (Lipinski definition) is 4. The normalized spacial score (nSPS) is 10.5. The summed E-state index contributed by atoms with van der Waals surface area (Å²) in [4.78, 5) is 30.8. The third-order valence-corrected chi connectivity index (χ3v) is 4.69. The van der Waals surface area contributed by atoms with E-state index in [1.54, 1.807) is 34.5 Å². The average Bonchev–Trinajstić information content (AvgIpc) is 3.08. The largest absolute Gasteiger partial charge is 0.351 e. The Hall–Kier alpha value is -1.92. The van der Waals surface area contributed by atoms with Crippen molar-refractivity contribution >= 4 is 34.8 Å². The third-order valence-electron chi connectivity index (χ3n) is 3.53. The number of hydrogen-bond donors (Lipinski definition) is 1. The predicted molar refractivity (Wildman–Crippen MR) is 101 cm³/mol. The monoisotopic (exact) mass is 379 g/mol. The van der Waals surface area contributed by atoms with E-state index in [4.69, 9.17) is 11.6 Å². The summed E-state index contributed by atoms with van der Waals surface area (Å²) >= 11 is 7.53. The van der Waals surface area contributed by atoms with Gasteiger partial charge in [-0.15, -0.1) is 11.3 Å². The summed E-state index contributed by atoms with van der Waals surface area (Å²) < 4.78 is 0. The maximum absolute atomic E-state index is 12.8. The number of amides is 2. The van der Waals surface area contributed by atoms with Gasteiger partial charge in [-0.3, -0.25) is 9.59 Å². The Kier molecular flexibility index (Phi) is 7.40. The van der Waals surface area contributed by atoms with Crippen LogP contribution in [0.2, 0.25) is 5.02 Å². The van der Waals surface area contributed by atoms with Gasteiger partial charge in [-0.1, -0.05) is 37.6 Å². The molecule has 7 heteroatoms. The minimum absolute atomic E-state index is 0.125. The number of halogens is 1. The lowest BCUT2D eigenvalue weighted by molar-refractivity contribution is 0.0743. The second-order valence-electron chi connectivity index (χ2n) is 5.59. The number of nitrogens with one attached hydrogen (secondary N) is 1. The van der Waals surface area contributed by atoms with Gasteiger partial charge in [0.1, 0.15) is 10.7 Å². The molecule has 0 unspecified atom stereocenters. The van der Waals surface area contributed by atoms with Crippen molar-refractivity contribution in [2.24, 2.45) is 0 Å². The summed E-state index contributed by atoms with van der Waals surface area (Å²) in [6.45, 7) is 5.59. The minimum atomic E-state index is -0.177. The van der Waals surface area contributed by atoms with Crippen molar-refractivity contribution in [3.8, 4) is 0 Å². The van der Waals surface area contributed by atoms with E-state index in [1.807, 2.05) is 13.8 Å². The number of benzene rings is 1. The molecule has 0 fully saturated rings. The van der Waals surface area contributed by atoms with E-state index >= 15 is 0 Å². The van der Waals surface area contributed by atoms with Gasteiger partial charge >= 0.3 is 0 Å². The number of carbonyl (C=O) groups is 2. The molecule has 0 aliphatic carbocycles. The highest BCUT2D eigenvalue weighted by Crippen LogP contribution is 2.20. The van der Waals surface area contributed by atoms with Gasteiger partial charge in [-0.25, -0.2) is 4.98 Å². The minimum Gasteiger partial charge on any atom is -0.351 e. The Morgan fingerprint density at radius 3 is 2.68 bits per heavy atom. The number of rotatable bonds is 8. The molecule has 0 saturated carbocycles. The molecule has 1 aromatic heterocycles. The summed E-state index contributed by atoms with van der Waals surface area (Å²) in [5.74, 6) is -0.302. The molecule has 0 saturated heterocycles. The molecule has 1 heterocycles. The van der Waals surface area contributed by atoms with Crippen molar-refractivity contribution in [3.05, 3.63) is 50.9 Å². The van der Waals surface area contributed by atoms with Crippen molar-refractivity contribution in [1.29, 1.82) is 0 Å². The van der Waals surface area contributed by atoms with Crippen LogP contribution >= 0.6 is 22.9 Å². The molecule has 0 aliphatic heterocycles. The first-order chi connectivity index (χ1) is 12.1. The SMILES string of the molecule is CCCNC(=O)c1csc(CN(CCC)C(=O)c2ccccc2Cl)n1. The summed E-state index contributed by atoms with van der Waals surface area (Å²) in [6.07, 6.45) is 1.70. The van der Waals surface area contributed by atoms with Crippen molar-refractivity contribution in [3.63, 3.8) is 0 Å². The second-order valence-corrected chi connectivity index (χ2v) is 6.94. The maximum atomic E-state index is 12.8. The van der Waals surface area contributed by atoms with Crippen molar-refractivity contribution in [2.75, 3.05) is 13.1 Å². The molecule has 2 aromatic rings. The van der Waals surface area contributed by atoms with Crippen LogP contribution in [0.25, 0.3) is 0 Å². The van der Waals surface area contributed by atoms with Crippen LogP contribution in [-0.2, 0) is 6.54 Å². The Morgan fingerprint density at radius 1 is 1.24 bits per heavy atom. The van der Waals surface area contributed by atoms with Crippen LogP contribution < -0.4 is 5.32 Å². The predicted octanol–water partition coefficient (Wildman–Crippen LogP) is 3.99. The van der Waals surface area contributed by atoms with Gasteiger partial charge in [0.05, 0.1) is 17.1 Å². The van der Waals surface area contributed by atoms with E-state index < -0.39 is 0 Å². The molecule has 1 aromatic carbocycles. The van der Waals surface area contributed by atoms with Gasteiger partial charge in [0.15, 0.2) is 0 Å². The summed E-state index contributed by atoms with van der Waals surface area (Å²) in [5, 5.41) is 5.70. The molecule has 25 heavy (non-hydrogen) atoms. The van der Waals surface area contributed by atoms with Crippen molar-refractivity contribution in [2.45, 2.75) is 33.2 Å². The Morgan fingerprint density at radius 2 is 2.00 bits per heavy atom. The molecule has 0 radical (unpaired) electrons. The lowest BCUT2D eigenvalue weighted by Crippen LogP contribution is -2.31. The fraction of sp³-hybridized carbons (Fsp3) is 0.389. The van der Waals surface area contributed by atoms with Gasteiger partial charge in [0.2, 0.25) is 0 Å². The van der Waals surface area contributed by atoms with Crippen LogP contribution in [0.3, 0.4) is 0 Å². The molecule has 2 rings (SSSR count). The van der Waals surface area contributed by atoms with E-state index in [0.717, 1.165) is 17.8 Å². The Balaban J connectivity index is 2.12. The Labute approximate surface area is 157 Å². The first-order valence-electron chi connectivity index (χ1n) is 8.33. The molecule has 1 N–H and O–H groups in total. The summed E-state index contributed by atoms with van der Waals surface area (Å²) in [7, 11) is 0. The molecule has 2 amide bonds. The lowest BCUT2D eigenvalue weighted by Gasteiger charge is -2.21. The molecule has 0 atom stereocenters. The standard InChI is InChI=1S/C18H22ClN3O2S/c1-3-9-20-17(23)15-12-25-16(21-15)11-22(10-4-2)18(24)13-7-5-6-8-14(13)19/h5-8,12H,3-4,9-11H2,1-2H3,(H,20,23). The van der Waals surface area contributed by atoms with Crippen molar-refractivity contribution in [1.82, 2.24) is 15.2 Å². The maximum Gasteiger partial charge on any atom is 0.270 e. The number of carbonyl (C=O) groups excluding carboxylic acids is 2. The van der Waals surface area contributed by atoms with Gasteiger partial charge in [0, 0.05) is 18.5 Å². The van der Waals surface area contributed by atoms with Crippen LogP contribution in [0.15, 0.2) is 29.6 Å². The summed E-state index contributed by atoms with van der Waals surface area (Å²) in [6, 6.07) is 7.02. The first-order valence-corrected chi connectivity index (χ1v) is 9.59. The van der Waals surface area contributed by atoms with E-state index in [0.29, 0.717) is 35.9 Å². The molecule has 0 aliphatic rings. The highest BCUT2D eigenvalue weighted by atomic mass is 35.5. The number of aromatic nitrogens is 1. The van der Waals surface area contributed by atoms with E-state index in [1.165, 1.54) is 11.3 Å². The molecule has 5 nitrogen and oxygen atoms in total. The smallest absolute Gasteiger partial charge is 0.270 e. The third kappa shape index (κ3) is 5.28. The van der Waals surface area contributed by atoms with Crippen LogP contribution in [0.5, 0.6) is 0 Å². The number of thiazole rings is 1. The molecule has 134 valence electrons. The highest BCUT2D eigenvalue weighted by Gasteiger charge is 2.20. The second kappa shape index (κ2) is 9.53. The summed E-state index contributed by atoms with van der Waals surface area (Å²) in [5.41, 5.74) is 0.880. The van der Waals surface area contributed by atoms with Gasteiger partial charge < -0.3 is 10.2 Å². The zero-order valence-electron chi connectivity index (χ0n) is 14.4. The van der Waals surface area contributed by atoms with E-state index in [2.05, 4.69) is 10.3 Å². The fourth-order valence-electron chi connectivity index (χ4n) is 2.31. The fourth-order valence-corrected chi connectivity index (χ4v) is 3.31. The van der Waals surface area contributed by atoms with Gasteiger partial charge in [0.25, 0.3) is 11.8 Å². The van der Waals surface area contributed by atoms with Crippen LogP contribution in [0.1, 0.15) is 52.5 Å². The average molecular weight is 380 g/mol. The zero-order valence-corrected chi connectivity index (χ0v) is 16.0. The van der Waals surface area contributed by atoms with Crippen molar-refractivity contribution < 1.29 is 9.59 Å². The van der Waals surface area contributed by atoms with Gasteiger partial charge in [-0.05, 0) is 25.0 Å². The first kappa shape index (κ1) is 19.4. The Bertz CT molecular complexity index is 733. The molecular weight excluding hydrogens is 358 g/mol. The number of nitrogens with zero attached hydrogens (tertiary/aromatic N) is 2. The van der Waals surface area contributed by atoms with E-state index in [9.17, 15) is 9.59 Å². The molecule has 0 bridgehead atoms. The zero-order chi connectivity index (χ0) is 18.2. The van der Waals surface area contributed by atoms with Crippen LogP contribution in [0, 0.1) is 0 Å². The topological polar surface area (TPSA) is 62.3 Å². The lowest BCUT2D eigenvalue weighted by atomic mass is 10.2. The molecule has 0 spiro atoms.